The van der Waals surface area contributed by atoms with Crippen LogP contribution in [0.4, 0.5) is 0 Å². The molecule has 0 spiro atoms. The lowest BCUT2D eigenvalue weighted by Crippen LogP contribution is -2.35. The molecule has 0 bridgehead atoms. The number of aromatic nitrogens is 2. The molecule has 3 aromatic rings. The molecule has 1 saturated carbocycles. The highest BCUT2D eigenvalue weighted by Gasteiger charge is 2.24. The molecular formula is C28H33N3O4S. The Balaban J connectivity index is 1.23. The van der Waals surface area contributed by atoms with E-state index in [9.17, 15) is 14.7 Å². The maximum Gasteiger partial charge on any atom is 0.220 e. The van der Waals surface area contributed by atoms with Crippen LogP contribution < -0.4 is 5.32 Å². The van der Waals surface area contributed by atoms with Gasteiger partial charge in [-0.1, -0.05) is 54.6 Å². The normalized spacial score (nSPS) is 18.5. The molecule has 1 atom stereocenters. The SMILES string of the molecule is O=C(CC1CCC(c2ccc(C(=O)Cc3nnc(Cc4ccccc4)s3)cc2)CC1)NCC(O)CO. The van der Waals surface area contributed by atoms with Crippen molar-refractivity contribution < 1.29 is 19.8 Å². The molecule has 1 aliphatic rings. The number of nitrogens with zero attached hydrogens (tertiary/aromatic N) is 2. The molecule has 7 nitrogen and oxygen atoms in total. The largest absolute Gasteiger partial charge is 0.394 e. The monoisotopic (exact) mass is 507 g/mol. The van der Waals surface area contributed by atoms with Crippen LogP contribution in [0.1, 0.15) is 69.5 Å². The summed E-state index contributed by atoms with van der Waals surface area (Å²) in [6.45, 7) is -0.267. The fourth-order valence-corrected chi connectivity index (χ4v) is 5.59. The number of amides is 1. The van der Waals surface area contributed by atoms with Crippen LogP contribution in [-0.4, -0.2) is 51.4 Å². The van der Waals surface area contributed by atoms with Gasteiger partial charge in [-0.2, -0.15) is 0 Å². The number of ketones is 1. The second kappa shape index (κ2) is 12.9. The van der Waals surface area contributed by atoms with Gasteiger partial charge in [-0.3, -0.25) is 9.59 Å². The van der Waals surface area contributed by atoms with E-state index in [4.69, 9.17) is 5.11 Å². The number of hydrogen-bond donors (Lipinski definition) is 3. The average molecular weight is 508 g/mol. The molecule has 36 heavy (non-hydrogen) atoms. The molecule has 1 unspecified atom stereocenters. The molecule has 8 heteroatoms. The summed E-state index contributed by atoms with van der Waals surface area (Å²) in [7, 11) is 0. The Labute approximate surface area is 215 Å². The van der Waals surface area contributed by atoms with Gasteiger partial charge in [0, 0.05) is 24.9 Å². The number of hydrogen-bond acceptors (Lipinski definition) is 7. The minimum Gasteiger partial charge on any atom is -0.394 e. The van der Waals surface area contributed by atoms with E-state index in [1.54, 1.807) is 0 Å². The van der Waals surface area contributed by atoms with Crippen LogP contribution in [0.25, 0.3) is 0 Å². The summed E-state index contributed by atoms with van der Waals surface area (Å²) in [6.07, 6.45) is 4.51. The highest BCUT2D eigenvalue weighted by Crippen LogP contribution is 2.37. The molecule has 0 aliphatic heterocycles. The van der Waals surface area contributed by atoms with Crippen LogP contribution >= 0.6 is 11.3 Å². The molecule has 190 valence electrons. The fraction of sp³-hybridized carbons (Fsp3) is 0.429. The van der Waals surface area contributed by atoms with E-state index in [1.165, 1.54) is 22.5 Å². The fourth-order valence-electron chi connectivity index (χ4n) is 4.71. The van der Waals surface area contributed by atoms with Crippen molar-refractivity contribution in [3.8, 4) is 0 Å². The van der Waals surface area contributed by atoms with E-state index in [0.717, 1.165) is 42.1 Å². The second-order valence-electron chi connectivity index (χ2n) is 9.54. The third-order valence-electron chi connectivity index (χ3n) is 6.79. The van der Waals surface area contributed by atoms with Gasteiger partial charge < -0.3 is 15.5 Å². The minimum absolute atomic E-state index is 0.0463. The first-order chi connectivity index (χ1) is 17.5. The lowest BCUT2D eigenvalue weighted by atomic mass is 9.77. The number of carbonyl (C=O) groups is 2. The summed E-state index contributed by atoms with van der Waals surface area (Å²) in [5.74, 6) is 0.752. The minimum atomic E-state index is -0.908. The maximum absolute atomic E-state index is 12.8. The highest BCUT2D eigenvalue weighted by molar-refractivity contribution is 7.11. The Morgan fingerprint density at radius 1 is 0.972 bits per heavy atom. The third-order valence-corrected chi connectivity index (χ3v) is 7.71. The van der Waals surface area contributed by atoms with Crippen molar-refractivity contribution in [3.05, 3.63) is 81.3 Å². The van der Waals surface area contributed by atoms with Crippen molar-refractivity contribution >= 4 is 23.0 Å². The molecule has 2 aromatic carbocycles. The van der Waals surface area contributed by atoms with Gasteiger partial charge >= 0.3 is 0 Å². The van der Waals surface area contributed by atoms with Crippen molar-refractivity contribution in [2.45, 2.75) is 57.0 Å². The quantitative estimate of drug-likeness (QED) is 0.341. The predicted octanol–water partition coefficient (Wildman–Crippen LogP) is 3.69. The van der Waals surface area contributed by atoms with E-state index in [0.29, 0.717) is 23.8 Å². The number of benzene rings is 2. The van der Waals surface area contributed by atoms with E-state index < -0.39 is 6.10 Å². The Hall–Kier alpha value is -2.94. The van der Waals surface area contributed by atoms with E-state index >= 15 is 0 Å². The van der Waals surface area contributed by atoms with Crippen molar-refractivity contribution in [1.82, 2.24) is 15.5 Å². The number of aliphatic hydroxyl groups is 2. The molecule has 3 N–H and O–H groups in total. The summed E-state index contributed by atoms with van der Waals surface area (Å²) < 4.78 is 0. The molecule has 0 saturated heterocycles. The summed E-state index contributed by atoms with van der Waals surface area (Å²) in [4.78, 5) is 24.9. The van der Waals surface area contributed by atoms with Crippen LogP contribution in [-0.2, 0) is 17.6 Å². The van der Waals surface area contributed by atoms with Crippen LogP contribution in [0.2, 0.25) is 0 Å². The number of carbonyl (C=O) groups excluding carboxylic acids is 2. The summed E-state index contributed by atoms with van der Waals surface area (Å²) >= 11 is 1.49. The highest BCUT2D eigenvalue weighted by atomic mass is 32.1. The van der Waals surface area contributed by atoms with Gasteiger partial charge in [-0.15, -0.1) is 21.5 Å². The smallest absolute Gasteiger partial charge is 0.220 e. The molecule has 0 radical (unpaired) electrons. The standard InChI is InChI=1S/C28H33N3O4S/c32-18-24(33)17-29-26(35)14-20-6-8-21(9-7-20)22-10-12-23(13-11-22)25(34)16-28-31-30-27(36-28)15-19-4-2-1-3-5-19/h1-5,10-13,20-21,24,32-33H,6-9,14-18H2,(H,29,35). The zero-order chi connectivity index (χ0) is 25.3. The van der Waals surface area contributed by atoms with Crippen LogP contribution in [0, 0.1) is 5.92 Å². The van der Waals surface area contributed by atoms with Gasteiger partial charge in [-0.25, -0.2) is 0 Å². The second-order valence-corrected chi connectivity index (χ2v) is 10.7. The Bertz CT molecular complexity index is 1130. The number of Topliss-reactive ketones (excluding diaryl/α,β-unsaturated/α-hetero) is 1. The maximum atomic E-state index is 12.8. The Morgan fingerprint density at radius 2 is 1.67 bits per heavy atom. The first-order valence-electron chi connectivity index (χ1n) is 12.5. The lowest BCUT2D eigenvalue weighted by Gasteiger charge is -2.28. The third kappa shape index (κ3) is 7.53. The van der Waals surface area contributed by atoms with E-state index in [-0.39, 0.29) is 31.3 Å². The molecule has 1 aliphatic carbocycles. The van der Waals surface area contributed by atoms with Crippen molar-refractivity contribution in [3.63, 3.8) is 0 Å². The molecule has 1 amide bonds. The van der Waals surface area contributed by atoms with Crippen LogP contribution in [0.5, 0.6) is 0 Å². The topological polar surface area (TPSA) is 112 Å². The van der Waals surface area contributed by atoms with E-state index in [1.807, 2.05) is 30.3 Å². The molecule has 1 heterocycles. The predicted molar refractivity (Wildman–Crippen MR) is 139 cm³/mol. The Kier molecular flexibility index (Phi) is 9.33. The van der Waals surface area contributed by atoms with Gasteiger partial charge in [0.05, 0.1) is 19.1 Å². The summed E-state index contributed by atoms with van der Waals surface area (Å²) in [5, 5.41) is 31.0. The first kappa shape index (κ1) is 26.1. The van der Waals surface area contributed by atoms with Gasteiger partial charge in [0.25, 0.3) is 0 Å². The van der Waals surface area contributed by atoms with Crippen LogP contribution in [0.15, 0.2) is 54.6 Å². The van der Waals surface area contributed by atoms with Crippen molar-refractivity contribution in [1.29, 1.82) is 0 Å². The number of nitrogens with one attached hydrogen (secondary N) is 1. The van der Waals surface area contributed by atoms with Gasteiger partial charge in [0.15, 0.2) is 5.78 Å². The van der Waals surface area contributed by atoms with Crippen molar-refractivity contribution in [2.24, 2.45) is 5.92 Å². The number of rotatable bonds is 11. The summed E-state index contributed by atoms with van der Waals surface area (Å²) in [5.41, 5.74) is 3.10. The number of aliphatic hydroxyl groups excluding tert-OH is 2. The molecule has 1 aromatic heterocycles. The van der Waals surface area contributed by atoms with Gasteiger partial charge in [0.2, 0.25) is 5.91 Å². The average Bonchev–Trinajstić information content (AvgIpc) is 3.34. The van der Waals surface area contributed by atoms with E-state index in [2.05, 4.69) is 39.8 Å². The molecule has 4 rings (SSSR count). The molecule has 1 fully saturated rings. The first-order valence-corrected chi connectivity index (χ1v) is 13.4. The molecular weight excluding hydrogens is 474 g/mol. The van der Waals surface area contributed by atoms with Gasteiger partial charge in [-0.05, 0) is 48.6 Å². The summed E-state index contributed by atoms with van der Waals surface area (Å²) in [6, 6.07) is 18.1. The van der Waals surface area contributed by atoms with Crippen LogP contribution in [0.3, 0.4) is 0 Å². The lowest BCUT2D eigenvalue weighted by molar-refractivity contribution is -0.122. The van der Waals surface area contributed by atoms with Gasteiger partial charge in [0.1, 0.15) is 10.0 Å². The zero-order valence-electron chi connectivity index (χ0n) is 20.3. The van der Waals surface area contributed by atoms with Crippen molar-refractivity contribution in [2.75, 3.05) is 13.2 Å². The Morgan fingerprint density at radius 3 is 2.36 bits per heavy atom. The zero-order valence-corrected chi connectivity index (χ0v) is 21.1.